The molecule has 0 N–H and O–H groups in total. The molecule has 72 valence electrons. The summed E-state index contributed by atoms with van der Waals surface area (Å²) in [6.07, 6.45) is 1.83. The zero-order valence-corrected chi connectivity index (χ0v) is 9.83. The molecule has 1 aromatic rings. The molecule has 0 radical (unpaired) electrons. The molecule has 0 saturated heterocycles. The van der Waals surface area contributed by atoms with E-state index in [0.29, 0.717) is 0 Å². The van der Waals surface area contributed by atoms with Crippen LogP contribution in [0, 0.1) is 13.2 Å². The van der Waals surface area contributed by atoms with Crippen molar-refractivity contribution in [3.8, 4) is 0 Å². The third-order valence-corrected chi connectivity index (χ3v) is 1.04. The van der Waals surface area contributed by atoms with Gasteiger partial charge in [0.05, 0.1) is 0 Å². The van der Waals surface area contributed by atoms with Gasteiger partial charge in [0.1, 0.15) is 0 Å². The minimum atomic E-state index is 0. The van der Waals surface area contributed by atoms with Gasteiger partial charge in [-0.1, -0.05) is 43.0 Å². The van der Waals surface area contributed by atoms with Gasteiger partial charge >= 0.3 is 21.1 Å². The van der Waals surface area contributed by atoms with Crippen LogP contribution in [0.15, 0.2) is 50.1 Å². The fourth-order valence-corrected chi connectivity index (χ4v) is 0.589. The Kier molecular flexibility index (Phi) is 24.0. The van der Waals surface area contributed by atoms with E-state index in [-0.39, 0.29) is 21.1 Å². The van der Waals surface area contributed by atoms with Crippen molar-refractivity contribution in [1.82, 2.24) is 0 Å². The Morgan fingerprint density at radius 1 is 0.923 bits per heavy atom. The van der Waals surface area contributed by atoms with E-state index in [2.05, 4.69) is 32.9 Å². The molecular weight excluding hydrogens is 339 g/mol. The molecule has 0 atom stereocenters. The second kappa shape index (κ2) is 17.3. The predicted octanol–water partition coefficient (Wildman–Crippen LogP) is 3.54. The van der Waals surface area contributed by atoms with E-state index >= 15 is 0 Å². The average Bonchev–Trinajstić information content (AvgIpc) is 2.25. The average molecular weight is 353 g/mol. The molecule has 0 aliphatic rings. The third kappa shape index (κ3) is 11.1. The van der Waals surface area contributed by atoms with Crippen LogP contribution in [-0.2, 0) is 21.1 Å². The molecule has 1 aromatic carbocycles. The molecule has 1 rings (SSSR count). The van der Waals surface area contributed by atoms with E-state index in [9.17, 15) is 0 Å². The molecule has 0 nitrogen and oxygen atoms in total. The van der Waals surface area contributed by atoms with Crippen LogP contribution in [0.2, 0.25) is 0 Å². The molecule has 0 saturated carbocycles. The van der Waals surface area contributed by atoms with Crippen LogP contribution in [0.3, 0.4) is 0 Å². The zero-order chi connectivity index (χ0) is 9.82. The molecule has 0 fully saturated rings. The van der Waals surface area contributed by atoms with Crippen molar-refractivity contribution >= 4 is 6.08 Å². The first-order chi connectivity index (χ1) is 5.93. The Balaban J connectivity index is -0.000000178. The minimum Gasteiger partial charge on any atom is -0.521 e. The molecule has 0 aliphatic carbocycles. The number of hydrogen-bond acceptors (Lipinski definition) is 0. The fourth-order valence-electron chi connectivity index (χ4n) is 0.589. The van der Waals surface area contributed by atoms with E-state index in [4.69, 9.17) is 0 Å². The largest absolute Gasteiger partial charge is 2.00 e. The second-order valence-electron chi connectivity index (χ2n) is 1.61. The molecular formula is C12H14Pt. The van der Waals surface area contributed by atoms with Crippen molar-refractivity contribution in [2.24, 2.45) is 0 Å². The summed E-state index contributed by atoms with van der Waals surface area (Å²) in [5, 5.41) is 0. The molecule has 0 aromatic heterocycles. The van der Waals surface area contributed by atoms with Gasteiger partial charge in [0.2, 0.25) is 0 Å². The van der Waals surface area contributed by atoms with E-state index in [0.717, 1.165) is 0 Å². The first kappa shape index (κ1) is 18.0. The van der Waals surface area contributed by atoms with E-state index in [1.165, 1.54) is 5.56 Å². The van der Waals surface area contributed by atoms with Gasteiger partial charge in [0, 0.05) is 0 Å². The van der Waals surface area contributed by atoms with Crippen molar-refractivity contribution in [2.75, 3.05) is 0 Å². The maximum atomic E-state index is 4.25. The summed E-state index contributed by atoms with van der Waals surface area (Å²) >= 11 is 0. The van der Waals surface area contributed by atoms with Crippen LogP contribution < -0.4 is 0 Å². The zero-order valence-electron chi connectivity index (χ0n) is 7.56. The number of rotatable bonds is 1. The molecule has 0 amide bonds. The molecule has 13 heavy (non-hydrogen) atoms. The van der Waals surface area contributed by atoms with Crippen LogP contribution in [0.25, 0.3) is 6.08 Å². The van der Waals surface area contributed by atoms with Crippen LogP contribution in [0.4, 0.5) is 0 Å². The smallest absolute Gasteiger partial charge is 0.521 e. The van der Waals surface area contributed by atoms with Crippen molar-refractivity contribution < 1.29 is 21.1 Å². The Morgan fingerprint density at radius 2 is 1.31 bits per heavy atom. The second-order valence-corrected chi connectivity index (χ2v) is 1.61. The number of hydrogen-bond donors (Lipinski definition) is 0. The van der Waals surface area contributed by atoms with Crippen molar-refractivity contribution in [3.05, 3.63) is 68.8 Å². The van der Waals surface area contributed by atoms with Gasteiger partial charge in [0.25, 0.3) is 0 Å². The summed E-state index contributed by atoms with van der Waals surface area (Å²) in [4.78, 5) is 0. The summed E-state index contributed by atoms with van der Waals surface area (Å²) < 4.78 is 0. The molecule has 0 unspecified atom stereocenters. The van der Waals surface area contributed by atoms with Crippen LogP contribution >= 0.6 is 0 Å². The first-order valence-electron chi connectivity index (χ1n) is 3.42. The van der Waals surface area contributed by atoms with Crippen molar-refractivity contribution in [3.63, 3.8) is 0 Å². The van der Waals surface area contributed by atoms with Gasteiger partial charge in [-0.25, -0.2) is 0 Å². The maximum absolute atomic E-state index is 4.25. The van der Waals surface area contributed by atoms with E-state index in [1.54, 1.807) is 0 Å². The molecule has 1 heteroatoms. The Morgan fingerprint density at radius 3 is 1.54 bits per heavy atom. The van der Waals surface area contributed by atoms with Gasteiger partial charge in [-0.3, -0.25) is 13.2 Å². The van der Waals surface area contributed by atoms with Crippen molar-refractivity contribution in [1.29, 1.82) is 0 Å². The summed E-state index contributed by atoms with van der Waals surface area (Å²) in [7, 11) is 0. The summed E-state index contributed by atoms with van der Waals surface area (Å²) in [6.45, 7) is 17.6. The molecule has 0 bridgehead atoms. The van der Waals surface area contributed by atoms with Crippen LogP contribution in [0.5, 0.6) is 0 Å². The minimum absolute atomic E-state index is 0. The number of benzene rings is 1. The molecule has 0 aliphatic heterocycles. The third-order valence-electron chi connectivity index (χ3n) is 1.04. The Hall–Kier alpha value is -0.872. The molecule has 0 spiro atoms. The summed E-state index contributed by atoms with van der Waals surface area (Å²) in [6, 6.07) is 10.0. The van der Waals surface area contributed by atoms with Gasteiger partial charge in [0.15, 0.2) is 0 Å². The maximum Gasteiger partial charge on any atom is 2.00 e. The predicted molar refractivity (Wildman–Crippen MR) is 56.4 cm³/mol. The van der Waals surface area contributed by atoms with Gasteiger partial charge in [-0.05, 0) is 5.56 Å². The van der Waals surface area contributed by atoms with Crippen molar-refractivity contribution in [2.45, 2.75) is 0 Å². The summed E-state index contributed by atoms with van der Waals surface area (Å²) in [5.74, 6) is 0. The Labute approximate surface area is 96.0 Å². The molecule has 0 heterocycles. The Bertz CT molecular complexity index is 190. The summed E-state index contributed by atoms with van der Waals surface area (Å²) in [5.41, 5.74) is 1.17. The SMILES string of the molecule is C=Cc1ccccc1.[CH-]=C.[CH-]=C.[Pt+2]. The van der Waals surface area contributed by atoms with Gasteiger partial charge in [-0.2, -0.15) is 0 Å². The topological polar surface area (TPSA) is 0 Å². The standard InChI is InChI=1S/C8H8.2C2H3.Pt/c1-2-8-6-4-3-5-7-8;2*1-2;/h2-7H,1H2;2*1H,2H2;/q;2*-1;+2. The van der Waals surface area contributed by atoms with E-state index < -0.39 is 0 Å². The first-order valence-corrected chi connectivity index (χ1v) is 3.42. The van der Waals surface area contributed by atoms with Crippen LogP contribution in [-0.4, -0.2) is 0 Å². The quantitative estimate of drug-likeness (QED) is 0.678. The van der Waals surface area contributed by atoms with Gasteiger partial charge in [-0.15, -0.1) is 0 Å². The van der Waals surface area contributed by atoms with Gasteiger partial charge < -0.3 is 13.2 Å². The fraction of sp³-hybridized carbons (Fsp3) is 0. The normalized spacial score (nSPS) is 5.85. The van der Waals surface area contributed by atoms with E-state index in [1.807, 2.05) is 36.4 Å². The van der Waals surface area contributed by atoms with Crippen LogP contribution in [0.1, 0.15) is 5.56 Å². The monoisotopic (exact) mass is 353 g/mol.